The van der Waals surface area contributed by atoms with E-state index in [2.05, 4.69) is 10.3 Å². The van der Waals surface area contributed by atoms with Gasteiger partial charge >= 0.3 is 0 Å². The van der Waals surface area contributed by atoms with E-state index in [9.17, 15) is 0 Å². The number of thioether (sulfide) groups is 1. The van der Waals surface area contributed by atoms with Crippen LogP contribution in [0.1, 0.15) is 0 Å². The van der Waals surface area contributed by atoms with Gasteiger partial charge in [0.1, 0.15) is 0 Å². The molecule has 0 atom stereocenters. The Kier molecular flexibility index (Phi) is 5.23. The van der Waals surface area contributed by atoms with E-state index in [0.717, 1.165) is 0 Å². The van der Waals surface area contributed by atoms with E-state index in [4.69, 9.17) is 40.1 Å². The Morgan fingerprint density at radius 2 is 2.06 bits per heavy atom. The smallest absolute Gasteiger partial charge is 0.183 e. The number of hydrogen-bond acceptors (Lipinski definition) is 3. The summed E-state index contributed by atoms with van der Waals surface area (Å²) in [6.45, 7) is 0. The second-order valence-electron chi connectivity index (χ2n) is 2.55. The Morgan fingerprint density at radius 1 is 1.38 bits per heavy atom. The molecule has 0 aliphatic heterocycles. The molecule has 16 heavy (non-hydrogen) atoms. The van der Waals surface area contributed by atoms with Crippen molar-refractivity contribution in [3.63, 3.8) is 0 Å². The summed E-state index contributed by atoms with van der Waals surface area (Å²) < 4.78 is 0. The molecule has 0 heterocycles. The lowest BCUT2D eigenvalue weighted by atomic mass is 10.3. The first-order chi connectivity index (χ1) is 7.60. The minimum absolute atomic E-state index is 0.252. The van der Waals surface area contributed by atoms with Crippen LogP contribution in [0.5, 0.6) is 0 Å². The topological polar surface area (TPSA) is 48.2 Å². The molecule has 0 aliphatic rings. The first kappa shape index (κ1) is 13.5. The summed E-state index contributed by atoms with van der Waals surface area (Å²) in [7, 11) is 0. The zero-order valence-corrected chi connectivity index (χ0v) is 11.2. The molecule has 0 amide bonds. The summed E-state index contributed by atoms with van der Waals surface area (Å²) in [4.78, 5) is 4.14. The highest BCUT2D eigenvalue weighted by molar-refractivity contribution is 8.13. The van der Waals surface area contributed by atoms with E-state index in [-0.39, 0.29) is 10.0 Å². The van der Waals surface area contributed by atoms with E-state index in [0.29, 0.717) is 15.9 Å². The van der Waals surface area contributed by atoms with E-state index < -0.39 is 0 Å². The minimum Gasteiger partial charge on any atom is -0.271 e. The number of benzene rings is 1. The zero-order chi connectivity index (χ0) is 12.1. The van der Waals surface area contributed by atoms with Gasteiger partial charge in [-0.05, 0) is 18.4 Å². The molecule has 7 heteroatoms. The number of nitrogens with one attached hydrogen (secondary N) is 1. The van der Waals surface area contributed by atoms with Crippen LogP contribution >= 0.6 is 46.6 Å². The second kappa shape index (κ2) is 6.21. The van der Waals surface area contributed by atoms with Crippen molar-refractivity contribution >= 4 is 57.4 Å². The fourth-order valence-electron chi connectivity index (χ4n) is 0.884. The highest BCUT2D eigenvalue weighted by Crippen LogP contribution is 2.37. The first-order valence-electron chi connectivity index (χ1n) is 4.01. The molecule has 84 valence electrons. The SMILES string of the molecule is CSC(=Nc1ccc(Cl)c(Cl)c1Cl)NC#N. The van der Waals surface area contributed by atoms with Crippen molar-refractivity contribution in [3.8, 4) is 6.19 Å². The van der Waals surface area contributed by atoms with E-state index in [1.165, 1.54) is 11.8 Å². The summed E-state index contributed by atoms with van der Waals surface area (Å²) in [6.07, 6.45) is 3.57. The van der Waals surface area contributed by atoms with Crippen LogP contribution in [0.25, 0.3) is 0 Å². The number of nitriles is 1. The Labute approximate surface area is 112 Å². The zero-order valence-electron chi connectivity index (χ0n) is 8.09. The normalized spacial score (nSPS) is 11.1. The van der Waals surface area contributed by atoms with Gasteiger partial charge in [-0.3, -0.25) is 5.32 Å². The summed E-state index contributed by atoms with van der Waals surface area (Å²) in [6, 6.07) is 3.23. The van der Waals surface area contributed by atoms with E-state index >= 15 is 0 Å². The monoisotopic (exact) mass is 293 g/mol. The molecule has 0 spiro atoms. The molecular weight excluding hydrogens is 289 g/mol. The number of nitrogens with zero attached hydrogens (tertiary/aromatic N) is 2. The van der Waals surface area contributed by atoms with Gasteiger partial charge in [0, 0.05) is 0 Å². The second-order valence-corrected chi connectivity index (χ2v) is 4.51. The Morgan fingerprint density at radius 3 is 2.62 bits per heavy atom. The van der Waals surface area contributed by atoms with Gasteiger partial charge < -0.3 is 0 Å². The molecule has 3 nitrogen and oxygen atoms in total. The Bertz CT molecular complexity index is 468. The van der Waals surface area contributed by atoms with Gasteiger partial charge in [-0.2, -0.15) is 5.26 Å². The predicted octanol–water partition coefficient (Wildman–Crippen LogP) is 4.07. The average molecular weight is 295 g/mol. The number of hydrogen-bond donors (Lipinski definition) is 1. The third-order valence-electron chi connectivity index (χ3n) is 1.59. The predicted molar refractivity (Wildman–Crippen MR) is 70.8 cm³/mol. The summed E-state index contributed by atoms with van der Waals surface area (Å²) in [5.41, 5.74) is 0.461. The number of halogens is 3. The third kappa shape index (κ3) is 3.19. The number of rotatable bonds is 1. The maximum absolute atomic E-state index is 8.48. The number of amidine groups is 1. The molecule has 1 aromatic carbocycles. The van der Waals surface area contributed by atoms with Crippen molar-refractivity contribution < 1.29 is 0 Å². The molecular formula is C9H6Cl3N3S. The fraction of sp³-hybridized carbons (Fsp3) is 0.111. The fourth-order valence-corrected chi connectivity index (χ4v) is 1.79. The molecule has 1 aromatic rings. The van der Waals surface area contributed by atoms with Crippen molar-refractivity contribution in [1.82, 2.24) is 5.32 Å². The van der Waals surface area contributed by atoms with Crippen LogP contribution in [0, 0.1) is 11.5 Å². The van der Waals surface area contributed by atoms with E-state index in [1.54, 1.807) is 24.6 Å². The molecule has 0 radical (unpaired) electrons. The van der Waals surface area contributed by atoms with Crippen molar-refractivity contribution in [3.05, 3.63) is 27.2 Å². The standard InChI is InChI=1S/C9H6Cl3N3S/c1-16-9(14-4-13)15-6-3-2-5(10)7(11)8(6)12/h2-3H,1H3,(H,14,15). The van der Waals surface area contributed by atoms with Crippen molar-refractivity contribution in [1.29, 1.82) is 5.26 Å². The van der Waals surface area contributed by atoms with E-state index in [1.807, 2.05) is 0 Å². The average Bonchev–Trinajstić information content (AvgIpc) is 2.29. The van der Waals surface area contributed by atoms with Crippen LogP contribution in [0.3, 0.4) is 0 Å². The Balaban J connectivity index is 3.15. The number of aliphatic imine (C=N–C) groups is 1. The lowest BCUT2D eigenvalue weighted by Gasteiger charge is -2.04. The summed E-state index contributed by atoms with van der Waals surface area (Å²) >= 11 is 18.9. The molecule has 0 unspecified atom stereocenters. The third-order valence-corrected chi connectivity index (χ3v) is 3.46. The maximum atomic E-state index is 8.48. The van der Waals surface area contributed by atoms with Gasteiger partial charge in [-0.15, -0.1) is 0 Å². The van der Waals surface area contributed by atoms with Gasteiger partial charge in [-0.1, -0.05) is 46.6 Å². The largest absolute Gasteiger partial charge is 0.271 e. The molecule has 1 rings (SSSR count). The molecule has 0 saturated heterocycles. The lowest BCUT2D eigenvalue weighted by Crippen LogP contribution is -2.12. The molecule has 0 fully saturated rings. The van der Waals surface area contributed by atoms with Gasteiger partial charge in [-0.25, -0.2) is 4.99 Å². The van der Waals surface area contributed by atoms with Crippen LogP contribution in [0.15, 0.2) is 17.1 Å². The van der Waals surface area contributed by atoms with Crippen LogP contribution in [-0.2, 0) is 0 Å². The van der Waals surface area contributed by atoms with Crippen molar-refractivity contribution in [2.45, 2.75) is 0 Å². The van der Waals surface area contributed by atoms with Gasteiger partial charge in [0.15, 0.2) is 11.4 Å². The lowest BCUT2D eigenvalue weighted by molar-refractivity contribution is 1.28. The van der Waals surface area contributed by atoms with Crippen LogP contribution in [-0.4, -0.2) is 11.4 Å². The molecule has 1 N–H and O–H groups in total. The first-order valence-corrected chi connectivity index (χ1v) is 6.37. The summed E-state index contributed by atoms with van der Waals surface area (Å²) in [5, 5.41) is 12.2. The maximum Gasteiger partial charge on any atom is 0.183 e. The van der Waals surface area contributed by atoms with Crippen LogP contribution < -0.4 is 5.32 Å². The van der Waals surface area contributed by atoms with Crippen LogP contribution in [0.4, 0.5) is 5.69 Å². The quantitative estimate of drug-likeness (QED) is 0.279. The Hall–Kier alpha value is -0.600. The van der Waals surface area contributed by atoms with Gasteiger partial charge in [0.2, 0.25) is 0 Å². The van der Waals surface area contributed by atoms with Crippen molar-refractivity contribution in [2.24, 2.45) is 4.99 Å². The molecule has 0 aromatic heterocycles. The summed E-state index contributed by atoms with van der Waals surface area (Å²) in [5.74, 6) is 0. The molecule has 0 aliphatic carbocycles. The highest BCUT2D eigenvalue weighted by atomic mass is 35.5. The van der Waals surface area contributed by atoms with Gasteiger partial charge in [0.05, 0.1) is 20.8 Å². The minimum atomic E-state index is 0.252. The van der Waals surface area contributed by atoms with Crippen LogP contribution in [0.2, 0.25) is 15.1 Å². The van der Waals surface area contributed by atoms with Crippen molar-refractivity contribution in [2.75, 3.05) is 6.26 Å². The molecule has 0 bridgehead atoms. The highest BCUT2D eigenvalue weighted by Gasteiger charge is 2.08. The van der Waals surface area contributed by atoms with Gasteiger partial charge in [0.25, 0.3) is 0 Å². The molecule has 0 saturated carbocycles.